The second-order valence-electron chi connectivity index (χ2n) is 4.47. The van der Waals surface area contributed by atoms with Gasteiger partial charge in [-0.2, -0.15) is 0 Å². The summed E-state index contributed by atoms with van der Waals surface area (Å²) in [6.07, 6.45) is 3.83. The van der Waals surface area contributed by atoms with Crippen molar-refractivity contribution in [1.82, 2.24) is 0 Å². The lowest BCUT2D eigenvalue weighted by Gasteiger charge is -2.40. The van der Waals surface area contributed by atoms with Crippen LogP contribution in [0.25, 0.3) is 0 Å². The quantitative estimate of drug-likeness (QED) is 0.676. The normalized spacial score (nSPS) is 24.6. The molecule has 1 unspecified atom stereocenters. The van der Waals surface area contributed by atoms with Crippen LogP contribution in [0.5, 0.6) is 5.75 Å². The predicted octanol–water partition coefficient (Wildman–Crippen LogP) is 2.16. The second kappa shape index (κ2) is 2.91. The number of rotatable bonds is 0. The number of hydrogen-bond acceptors (Lipinski definition) is 2. The number of phenolic OH excluding ortho intramolecular Hbond substituents is 1. The predicted molar refractivity (Wildman–Crippen MR) is 56.7 cm³/mol. The molecule has 2 heteroatoms. The maximum atomic E-state index is 9.43. The first-order valence-electron chi connectivity index (χ1n) is 5.40. The molecular weight excluding hydrogens is 174 g/mol. The molecule has 1 atom stereocenters. The van der Waals surface area contributed by atoms with Crippen molar-refractivity contribution in [3.63, 3.8) is 0 Å². The molecule has 2 aliphatic rings. The Hall–Kier alpha value is -1.18. The van der Waals surface area contributed by atoms with Gasteiger partial charge in [0, 0.05) is 18.8 Å². The Morgan fingerprint density at radius 2 is 2.29 bits per heavy atom. The van der Waals surface area contributed by atoms with Crippen molar-refractivity contribution in [3.8, 4) is 5.75 Å². The van der Waals surface area contributed by atoms with E-state index in [9.17, 15) is 5.11 Å². The van der Waals surface area contributed by atoms with Crippen LogP contribution in [-0.2, 0) is 6.42 Å². The molecule has 3 rings (SSSR count). The van der Waals surface area contributed by atoms with E-state index in [1.54, 1.807) is 6.07 Å². The van der Waals surface area contributed by atoms with Crippen LogP contribution in [0.15, 0.2) is 18.2 Å². The lowest BCUT2D eigenvalue weighted by atomic mass is 9.86. The molecule has 1 fully saturated rings. The summed E-state index contributed by atoms with van der Waals surface area (Å²) >= 11 is 0. The van der Waals surface area contributed by atoms with Crippen molar-refractivity contribution in [3.05, 3.63) is 23.8 Å². The highest BCUT2D eigenvalue weighted by Gasteiger charge is 2.27. The lowest BCUT2D eigenvalue weighted by Crippen LogP contribution is -2.40. The first kappa shape index (κ1) is 8.16. The molecule has 14 heavy (non-hydrogen) atoms. The number of piperidine rings is 1. The van der Waals surface area contributed by atoms with Gasteiger partial charge in [-0.3, -0.25) is 0 Å². The molecule has 1 N–H and O–H groups in total. The highest BCUT2D eigenvalue weighted by molar-refractivity contribution is 5.58. The summed E-state index contributed by atoms with van der Waals surface area (Å²) in [5, 5.41) is 9.43. The minimum Gasteiger partial charge on any atom is -0.508 e. The van der Waals surface area contributed by atoms with Gasteiger partial charge in [-0.15, -0.1) is 0 Å². The molecule has 0 spiro atoms. The maximum absolute atomic E-state index is 9.43. The van der Waals surface area contributed by atoms with Gasteiger partial charge < -0.3 is 10.0 Å². The number of fused-ring (bicyclic) bond motifs is 4. The molecule has 2 aliphatic heterocycles. The summed E-state index contributed by atoms with van der Waals surface area (Å²) in [7, 11) is 0. The van der Waals surface area contributed by atoms with Crippen LogP contribution in [0.1, 0.15) is 18.4 Å². The Labute approximate surface area is 84.2 Å². The van der Waals surface area contributed by atoms with E-state index in [0.29, 0.717) is 5.75 Å². The van der Waals surface area contributed by atoms with Crippen LogP contribution in [0.2, 0.25) is 0 Å². The van der Waals surface area contributed by atoms with Crippen LogP contribution in [-0.4, -0.2) is 18.2 Å². The Bertz CT molecular complexity index is 361. The van der Waals surface area contributed by atoms with Crippen LogP contribution >= 0.6 is 0 Å². The van der Waals surface area contributed by atoms with Crippen molar-refractivity contribution >= 4 is 5.69 Å². The summed E-state index contributed by atoms with van der Waals surface area (Å²) in [6.45, 7) is 2.41. The first-order chi connectivity index (χ1) is 6.83. The average molecular weight is 189 g/mol. The molecule has 0 saturated carbocycles. The minimum absolute atomic E-state index is 0.407. The maximum Gasteiger partial charge on any atom is 0.116 e. The number of benzene rings is 1. The Morgan fingerprint density at radius 1 is 1.36 bits per heavy atom. The van der Waals surface area contributed by atoms with Crippen molar-refractivity contribution in [2.45, 2.75) is 19.3 Å². The van der Waals surface area contributed by atoms with Gasteiger partial charge in [-0.25, -0.2) is 0 Å². The first-order valence-corrected chi connectivity index (χ1v) is 5.40. The second-order valence-corrected chi connectivity index (χ2v) is 4.47. The van der Waals surface area contributed by atoms with Gasteiger partial charge in [-0.05, 0) is 48.9 Å². The SMILES string of the molecule is Oc1ccc2c(c1)CC1CCCN2C1. The number of hydrogen-bond donors (Lipinski definition) is 1. The van der Waals surface area contributed by atoms with Gasteiger partial charge >= 0.3 is 0 Å². The fraction of sp³-hybridized carbons (Fsp3) is 0.500. The van der Waals surface area contributed by atoms with E-state index in [4.69, 9.17) is 0 Å². The third-order valence-corrected chi connectivity index (χ3v) is 3.43. The summed E-state index contributed by atoms with van der Waals surface area (Å²) in [5.41, 5.74) is 2.68. The number of aromatic hydroxyl groups is 1. The van der Waals surface area contributed by atoms with Crippen molar-refractivity contribution in [2.75, 3.05) is 18.0 Å². The van der Waals surface area contributed by atoms with E-state index < -0.39 is 0 Å². The molecule has 0 aromatic heterocycles. The van der Waals surface area contributed by atoms with Gasteiger partial charge in [0.15, 0.2) is 0 Å². The van der Waals surface area contributed by atoms with Gasteiger partial charge in [0.25, 0.3) is 0 Å². The average Bonchev–Trinajstić information content (AvgIpc) is 2.17. The smallest absolute Gasteiger partial charge is 0.116 e. The van der Waals surface area contributed by atoms with Crippen molar-refractivity contribution < 1.29 is 5.11 Å². The van der Waals surface area contributed by atoms with Crippen LogP contribution < -0.4 is 4.90 Å². The number of anilines is 1. The molecular formula is C12H15NO. The standard InChI is InChI=1S/C12H15NO/c14-11-3-4-12-10(7-11)6-9-2-1-5-13(12)8-9/h3-4,7,9,14H,1-2,5-6,8H2. The van der Waals surface area contributed by atoms with E-state index in [2.05, 4.69) is 11.0 Å². The zero-order valence-electron chi connectivity index (χ0n) is 8.24. The molecule has 2 bridgehead atoms. The van der Waals surface area contributed by atoms with Crippen LogP contribution in [0.4, 0.5) is 5.69 Å². The van der Waals surface area contributed by atoms with Gasteiger partial charge in [0.05, 0.1) is 0 Å². The molecule has 0 radical (unpaired) electrons. The van der Waals surface area contributed by atoms with Crippen LogP contribution in [0, 0.1) is 5.92 Å². The largest absolute Gasteiger partial charge is 0.508 e. The van der Waals surface area contributed by atoms with E-state index >= 15 is 0 Å². The highest BCUT2D eigenvalue weighted by atomic mass is 16.3. The van der Waals surface area contributed by atoms with E-state index in [1.807, 2.05) is 6.07 Å². The summed E-state index contributed by atoms with van der Waals surface area (Å²) in [5.74, 6) is 1.22. The van der Waals surface area contributed by atoms with Crippen molar-refractivity contribution in [1.29, 1.82) is 0 Å². The Balaban J connectivity index is 2.06. The number of phenols is 1. The molecule has 2 nitrogen and oxygen atoms in total. The lowest BCUT2D eigenvalue weighted by molar-refractivity contribution is 0.394. The molecule has 0 amide bonds. The topological polar surface area (TPSA) is 23.5 Å². The van der Waals surface area contributed by atoms with E-state index in [0.717, 1.165) is 12.3 Å². The molecule has 1 aromatic rings. The third-order valence-electron chi connectivity index (χ3n) is 3.43. The van der Waals surface area contributed by atoms with E-state index in [-0.39, 0.29) is 0 Å². The molecule has 1 saturated heterocycles. The highest BCUT2D eigenvalue weighted by Crippen LogP contribution is 2.36. The summed E-state index contributed by atoms with van der Waals surface area (Å²) in [4.78, 5) is 2.46. The Morgan fingerprint density at radius 3 is 3.21 bits per heavy atom. The summed E-state index contributed by atoms with van der Waals surface area (Å²) < 4.78 is 0. The van der Waals surface area contributed by atoms with Gasteiger partial charge in [0.1, 0.15) is 5.75 Å². The van der Waals surface area contributed by atoms with Gasteiger partial charge in [0.2, 0.25) is 0 Å². The minimum atomic E-state index is 0.407. The molecule has 0 aliphatic carbocycles. The molecule has 2 heterocycles. The fourth-order valence-corrected chi connectivity index (χ4v) is 2.81. The summed E-state index contributed by atoms with van der Waals surface area (Å²) in [6, 6.07) is 5.79. The Kier molecular flexibility index (Phi) is 1.69. The van der Waals surface area contributed by atoms with Crippen molar-refractivity contribution in [2.24, 2.45) is 5.92 Å². The fourth-order valence-electron chi connectivity index (χ4n) is 2.81. The van der Waals surface area contributed by atoms with E-state index in [1.165, 1.54) is 37.2 Å². The molecule has 74 valence electrons. The van der Waals surface area contributed by atoms with Gasteiger partial charge in [-0.1, -0.05) is 0 Å². The zero-order valence-corrected chi connectivity index (χ0v) is 8.24. The zero-order chi connectivity index (χ0) is 9.54. The molecule has 1 aromatic carbocycles. The number of nitrogens with zero attached hydrogens (tertiary/aromatic N) is 1. The van der Waals surface area contributed by atoms with Crippen LogP contribution in [0.3, 0.4) is 0 Å². The monoisotopic (exact) mass is 189 g/mol. The third kappa shape index (κ3) is 1.17.